The second kappa shape index (κ2) is 8.90. The number of halogens is 1. The molecule has 1 fully saturated rings. The molecule has 1 aliphatic heterocycles. The van der Waals surface area contributed by atoms with Gasteiger partial charge in [-0.3, -0.25) is 4.79 Å². The molecule has 150 valence electrons. The van der Waals surface area contributed by atoms with Crippen molar-refractivity contribution in [1.82, 2.24) is 9.88 Å². The zero-order valence-electron chi connectivity index (χ0n) is 16.1. The number of rotatable bonds is 6. The summed E-state index contributed by atoms with van der Waals surface area (Å²) in [6.45, 7) is 1.32. The number of carbonyl (C=O) groups excluding carboxylic acids is 1. The zero-order chi connectivity index (χ0) is 20.1. The van der Waals surface area contributed by atoms with E-state index < -0.39 is 0 Å². The van der Waals surface area contributed by atoms with Gasteiger partial charge in [-0.05, 0) is 42.7 Å². The summed E-state index contributed by atoms with van der Waals surface area (Å²) in [7, 11) is 0. The topological polar surface area (TPSA) is 55.6 Å². The van der Waals surface area contributed by atoms with Gasteiger partial charge in [0.2, 0.25) is 0 Å². The molecule has 1 aromatic heterocycles. The van der Waals surface area contributed by atoms with Crippen molar-refractivity contribution in [3.05, 3.63) is 83.8 Å². The number of hydrogen-bond donors (Lipinski definition) is 0. The number of ether oxygens (including phenoxy) is 1. The van der Waals surface area contributed by atoms with Gasteiger partial charge in [0.05, 0.1) is 12.1 Å². The predicted molar refractivity (Wildman–Crippen MR) is 106 cm³/mol. The number of benzene rings is 2. The summed E-state index contributed by atoms with van der Waals surface area (Å²) in [6, 6.07) is 15.7. The minimum atomic E-state index is -0.254. The van der Waals surface area contributed by atoms with Crippen molar-refractivity contribution in [1.29, 1.82) is 0 Å². The molecule has 0 aliphatic carbocycles. The van der Waals surface area contributed by atoms with E-state index in [1.54, 1.807) is 18.3 Å². The van der Waals surface area contributed by atoms with E-state index in [-0.39, 0.29) is 24.2 Å². The molecule has 0 saturated carbocycles. The summed E-state index contributed by atoms with van der Waals surface area (Å²) in [4.78, 5) is 18.8. The molecule has 2 aromatic carbocycles. The molecule has 29 heavy (non-hydrogen) atoms. The first-order valence-electron chi connectivity index (χ1n) is 9.82. The maximum absolute atomic E-state index is 13.0. The van der Waals surface area contributed by atoms with Crippen LogP contribution in [0, 0.1) is 5.82 Å². The van der Waals surface area contributed by atoms with Crippen LogP contribution >= 0.6 is 0 Å². The summed E-state index contributed by atoms with van der Waals surface area (Å²) in [5, 5.41) is 0. The van der Waals surface area contributed by atoms with Gasteiger partial charge in [-0.2, -0.15) is 0 Å². The molecule has 1 amide bonds. The Labute approximate surface area is 169 Å². The molecule has 4 rings (SSSR count). The molecule has 0 spiro atoms. The van der Waals surface area contributed by atoms with Crippen molar-refractivity contribution in [2.75, 3.05) is 19.7 Å². The number of hydrogen-bond acceptors (Lipinski definition) is 4. The monoisotopic (exact) mass is 394 g/mol. The van der Waals surface area contributed by atoms with Crippen LogP contribution in [0.1, 0.15) is 36.0 Å². The van der Waals surface area contributed by atoms with Gasteiger partial charge in [-0.15, -0.1) is 0 Å². The SMILES string of the molecule is O=C(COc1ccccc1)N1CCC[C@H](c2ncc(Cc3ccc(F)cc3)o2)C1. The number of para-hydroxylation sites is 1. The fourth-order valence-corrected chi connectivity index (χ4v) is 3.55. The number of likely N-dealkylation sites (tertiary alicyclic amines) is 1. The van der Waals surface area contributed by atoms with Crippen LogP contribution in [0.3, 0.4) is 0 Å². The molecule has 1 saturated heterocycles. The quantitative estimate of drug-likeness (QED) is 0.629. The Bertz CT molecular complexity index is 940. The summed E-state index contributed by atoms with van der Waals surface area (Å²) in [6.07, 6.45) is 4.11. The largest absolute Gasteiger partial charge is 0.484 e. The third-order valence-corrected chi connectivity index (χ3v) is 5.09. The lowest BCUT2D eigenvalue weighted by Gasteiger charge is -2.31. The zero-order valence-corrected chi connectivity index (χ0v) is 16.1. The number of nitrogens with zero attached hydrogens (tertiary/aromatic N) is 2. The molecule has 0 unspecified atom stereocenters. The molecule has 5 nitrogen and oxygen atoms in total. The van der Waals surface area contributed by atoms with Crippen LogP contribution in [0.5, 0.6) is 5.75 Å². The second-order valence-corrected chi connectivity index (χ2v) is 7.25. The van der Waals surface area contributed by atoms with Crippen molar-refractivity contribution in [2.24, 2.45) is 0 Å². The first kappa shape index (κ1) is 19.2. The predicted octanol–water partition coefficient (Wildman–Crippen LogP) is 4.19. The fraction of sp³-hybridized carbons (Fsp3) is 0.304. The molecule has 1 aliphatic rings. The van der Waals surface area contributed by atoms with Crippen molar-refractivity contribution >= 4 is 5.91 Å². The van der Waals surface area contributed by atoms with Crippen LogP contribution in [0.2, 0.25) is 0 Å². The van der Waals surface area contributed by atoms with E-state index in [4.69, 9.17) is 9.15 Å². The van der Waals surface area contributed by atoms with E-state index >= 15 is 0 Å². The number of piperidine rings is 1. The molecule has 3 aromatic rings. The number of carbonyl (C=O) groups is 1. The van der Waals surface area contributed by atoms with Crippen LogP contribution in [0.25, 0.3) is 0 Å². The minimum Gasteiger partial charge on any atom is -0.484 e. The lowest BCUT2D eigenvalue weighted by molar-refractivity contribution is -0.134. The minimum absolute atomic E-state index is 0.0259. The molecule has 0 N–H and O–H groups in total. The first-order valence-corrected chi connectivity index (χ1v) is 9.82. The van der Waals surface area contributed by atoms with Crippen LogP contribution < -0.4 is 4.74 Å². The maximum atomic E-state index is 13.0. The fourth-order valence-electron chi connectivity index (χ4n) is 3.55. The molecule has 1 atom stereocenters. The Hall–Kier alpha value is -3.15. The summed E-state index contributed by atoms with van der Waals surface area (Å²) in [5.41, 5.74) is 0.965. The van der Waals surface area contributed by atoms with E-state index in [1.165, 1.54) is 12.1 Å². The van der Waals surface area contributed by atoms with Crippen molar-refractivity contribution in [3.63, 3.8) is 0 Å². The molecular weight excluding hydrogens is 371 g/mol. The Balaban J connectivity index is 1.34. The van der Waals surface area contributed by atoms with Gasteiger partial charge in [-0.1, -0.05) is 30.3 Å². The van der Waals surface area contributed by atoms with E-state index in [0.29, 0.717) is 24.6 Å². The molecule has 6 heteroatoms. The Morgan fingerprint density at radius 1 is 1.17 bits per heavy atom. The highest BCUT2D eigenvalue weighted by molar-refractivity contribution is 5.78. The van der Waals surface area contributed by atoms with Crippen molar-refractivity contribution in [2.45, 2.75) is 25.2 Å². The van der Waals surface area contributed by atoms with Gasteiger partial charge in [0.15, 0.2) is 12.5 Å². The van der Waals surface area contributed by atoms with Crippen molar-refractivity contribution in [3.8, 4) is 5.75 Å². The van der Waals surface area contributed by atoms with E-state index in [1.807, 2.05) is 35.2 Å². The highest BCUT2D eigenvalue weighted by Crippen LogP contribution is 2.27. The van der Waals surface area contributed by atoms with Gasteiger partial charge < -0.3 is 14.1 Å². The first-order chi connectivity index (χ1) is 14.2. The van der Waals surface area contributed by atoms with Gasteiger partial charge in [0, 0.05) is 19.5 Å². The number of amides is 1. The Kier molecular flexibility index (Phi) is 5.89. The molecule has 0 radical (unpaired) electrons. The van der Waals surface area contributed by atoms with Crippen LogP contribution in [-0.4, -0.2) is 35.5 Å². The Morgan fingerprint density at radius 2 is 1.97 bits per heavy atom. The van der Waals surface area contributed by atoms with Crippen LogP contribution in [-0.2, 0) is 11.2 Å². The highest BCUT2D eigenvalue weighted by Gasteiger charge is 2.28. The van der Waals surface area contributed by atoms with Gasteiger partial charge in [0.25, 0.3) is 5.91 Å². The van der Waals surface area contributed by atoms with Gasteiger partial charge in [0.1, 0.15) is 17.3 Å². The summed E-state index contributed by atoms with van der Waals surface area (Å²) < 4.78 is 24.6. The van der Waals surface area contributed by atoms with Gasteiger partial charge in [-0.25, -0.2) is 9.37 Å². The summed E-state index contributed by atoms with van der Waals surface area (Å²) in [5.74, 6) is 1.87. The third kappa shape index (κ3) is 5.02. The average molecular weight is 394 g/mol. The van der Waals surface area contributed by atoms with Crippen molar-refractivity contribution < 1.29 is 18.3 Å². The molecular formula is C23H23FN2O3. The van der Waals surface area contributed by atoms with Crippen LogP contribution in [0.15, 0.2) is 65.2 Å². The van der Waals surface area contributed by atoms with E-state index in [0.717, 1.165) is 30.7 Å². The average Bonchev–Trinajstić information content (AvgIpc) is 3.23. The number of aromatic nitrogens is 1. The summed E-state index contributed by atoms with van der Waals surface area (Å²) >= 11 is 0. The number of oxazole rings is 1. The van der Waals surface area contributed by atoms with E-state index in [2.05, 4.69) is 4.98 Å². The lowest BCUT2D eigenvalue weighted by atomic mass is 9.98. The Morgan fingerprint density at radius 3 is 2.76 bits per heavy atom. The van der Waals surface area contributed by atoms with Gasteiger partial charge >= 0.3 is 0 Å². The second-order valence-electron chi connectivity index (χ2n) is 7.25. The van der Waals surface area contributed by atoms with E-state index in [9.17, 15) is 9.18 Å². The maximum Gasteiger partial charge on any atom is 0.260 e. The smallest absolute Gasteiger partial charge is 0.260 e. The normalized spacial score (nSPS) is 16.6. The third-order valence-electron chi connectivity index (χ3n) is 5.09. The lowest BCUT2D eigenvalue weighted by Crippen LogP contribution is -2.41. The van der Waals surface area contributed by atoms with Crippen LogP contribution in [0.4, 0.5) is 4.39 Å². The standard InChI is InChI=1S/C23H23FN2O3/c24-19-10-8-17(9-11-19)13-21-14-25-23(29-21)18-5-4-12-26(15-18)22(27)16-28-20-6-2-1-3-7-20/h1-3,6-11,14,18H,4-5,12-13,15-16H2/t18-/m0/s1. The molecule has 0 bridgehead atoms. The molecule has 2 heterocycles. The highest BCUT2D eigenvalue weighted by atomic mass is 19.1.